The minimum atomic E-state index is -0.827. The molecule has 39 heavy (non-hydrogen) atoms. The number of amides is 1. The number of methoxy groups -OCH3 is 1. The first-order valence-electron chi connectivity index (χ1n) is 14.1. The van der Waals surface area contributed by atoms with Crippen molar-refractivity contribution in [3.05, 3.63) is 44.7 Å². The van der Waals surface area contributed by atoms with Crippen LogP contribution in [0.25, 0.3) is 0 Å². The van der Waals surface area contributed by atoms with Crippen LogP contribution in [0.1, 0.15) is 80.3 Å². The molecule has 2 heterocycles. The molecular weight excluding hydrogens is 516 g/mol. The van der Waals surface area contributed by atoms with E-state index in [1.165, 1.54) is 0 Å². The lowest BCUT2D eigenvalue weighted by atomic mass is 9.54. The first-order chi connectivity index (χ1) is 18.4. The van der Waals surface area contributed by atoms with Crippen LogP contribution in [-0.2, 0) is 16.0 Å². The predicted molar refractivity (Wildman–Crippen MR) is 149 cm³/mol. The predicted octanol–water partition coefficient (Wildman–Crippen LogP) is 5.61. The molecular formula is C31H39ClN2O5. The van der Waals surface area contributed by atoms with Crippen LogP contribution >= 0.6 is 11.6 Å². The summed E-state index contributed by atoms with van der Waals surface area (Å²) < 4.78 is 18.9. The Bertz CT molecular complexity index is 1320. The average molecular weight is 555 g/mol. The number of ketones is 1. The third kappa shape index (κ3) is 3.79. The molecule has 2 bridgehead atoms. The molecule has 6 aliphatic rings. The molecule has 0 radical (unpaired) electrons. The fraction of sp³-hybridized carbons (Fsp3) is 0.613. The van der Waals surface area contributed by atoms with Crippen molar-refractivity contribution in [3.63, 3.8) is 0 Å². The number of nitrogens with zero attached hydrogens (tertiary/aromatic N) is 2. The van der Waals surface area contributed by atoms with E-state index in [-0.39, 0.29) is 29.2 Å². The van der Waals surface area contributed by atoms with Crippen LogP contribution in [-0.4, -0.2) is 67.1 Å². The molecule has 1 aromatic carbocycles. The van der Waals surface area contributed by atoms with Crippen molar-refractivity contribution < 1.29 is 23.8 Å². The molecule has 0 saturated heterocycles. The number of halogens is 1. The van der Waals surface area contributed by atoms with Gasteiger partial charge in [-0.25, -0.2) is 0 Å². The summed E-state index contributed by atoms with van der Waals surface area (Å²) in [6.07, 6.45) is 9.32. The number of hydrogen-bond acceptors (Lipinski definition) is 6. The Morgan fingerprint density at radius 1 is 1.05 bits per heavy atom. The van der Waals surface area contributed by atoms with Gasteiger partial charge in [0.25, 0.3) is 11.7 Å². The molecule has 7 nitrogen and oxygen atoms in total. The van der Waals surface area contributed by atoms with Gasteiger partial charge >= 0.3 is 0 Å². The van der Waals surface area contributed by atoms with Gasteiger partial charge in [0.2, 0.25) is 0 Å². The molecule has 0 spiro atoms. The normalized spacial score (nSPS) is 31.7. The van der Waals surface area contributed by atoms with Crippen LogP contribution in [0.5, 0.6) is 11.5 Å². The van der Waals surface area contributed by atoms with Crippen LogP contribution in [0.3, 0.4) is 0 Å². The first kappa shape index (κ1) is 26.7. The van der Waals surface area contributed by atoms with Crippen LogP contribution in [0.2, 0.25) is 5.02 Å². The second-order valence-corrected chi connectivity index (χ2v) is 13.0. The average Bonchev–Trinajstić information content (AvgIpc) is 3.30. The number of benzene rings is 1. The van der Waals surface area contributed by atoms with Crippen molar-refractivity contribution >= 4 is 23.3 Å². The van der Waals surface area contributed by atoms with Crippen molar-refractivity contribution in [2.24, 2.45) is 5.41 Å². The molecule has 7 rings (SSSR count). The van der Waals surface area contributed by atoms with Gasteiger partial charge in [-0.05, 0) is 84.5 Å². The summed E-state index contributed by atoms with van der Waals surface area (Å²) >= 11 is 6.99. The highest BCUT2D eigenvalue weighted by Crippen LogP contribution is 2.63. The summed E-state index contributed by atoms with van der Waals surface area (Å²) in [4.78, 5) is 30.9. The maximum atomic E-state index is 13.9. The fourth-order valence-electron chi connectivity index (χ4n) is 7.80. The van der Waals surface area contributed by atoms with Crippen LogP contribution in [0, 0.1) is 12.3 Å². The lowest BCUT2D eigenvalue weighted by Gasteiger charge is -2.59. The number of hydrogen-bond donors (Lipinski definition) is 0. The van der Waals surface area contributed by atoms with E-state index in [0.29, 0.717) is 52.8 Å². The van der Waals surface area contributed by atoms with Crippen molar-refractivity contribution in [1.82, 2.24) is 9.80 Å². The van der Waals surface area contributed by atoms with Gasteiger partial charge in [0.05, 0.1) is 29.8 Å². The van der Waals surface area contributed by atoms with Gasteiger partial charge in [-0.1, -0.05) is 17.2 Å². The quantitative estimate of drug-likeness (QED) is 0.471. The standard InChI is InChI=1S/C31H39ClN2O5/c1-18-15-22(35)21(23(16-18)37-6)17-34-14-7-20-24(28(34)36)19(2)26-27(25(20)32)39-29(3,38-26)30-8-11-31(12-9-30,13-10-30)33(4)5/h16H,7-15,17H2,1-6H3/t29-,30?,31?/m1/s1. The van der Waals surface area contributed by atoms with Gasteiger partial charge in [-0.3, -0.25) is 9.59 Å². The highest BCUT2D eigenvalue weighted by molar-refractivity contribution is 6.34. The molecule has 0 unspecified atom stereocenters. The van der Waals surface area contributed by atoms with Crippen LogP contribution in [0.4, 0.5) is 0 Å². The van der Waals surface area contributed by atoms with E-state index >= 15 is 0 Å². The van der Waals surface area contributed by atoms with Gasteiger partial charge < -0.3 is 24.0 Å². The van der Waals surface area contributed by atoms with Crippen molar-refractivity contribution in [1.29, 1.82) is 0 Å². The van der Waals surface area contributed by atoms with E-state index in [1.807, 2.05) is 19.9 Å². The minimum absolute atomic E-state index is 0.000777. The number of Topliss-reactive ketones (excluding diaryl/α,β-unsaturated/α-hetero) is 1. The van der Waals surface area contributed by atoms with E-state index < -0.39 is 5.79 Å². The molecule has 3 fully saturated rings. The molecule has 2 aliphatic heterocycles. The van der Waals surface area contributed by atoms with Gasteiger partial charge in [0.1, 0.15) is 5.76 Å². The molecule has 210 valence electrons. The van der Waals surface area contributed by atoms with Crippen molar-refractivity contribution in [2.45, 2.75) is 83.5 Å². The molecule has 0 N–H and O–H groups in total. The van der Waals surface area contributed by atoms with Gasteiger partial charge in [0, 0.05) is 36.4 Å². The third-order valence-electron chi connectivity index (χ3n) is 10.6. The summed E-state index contributed by atoms with van der Waals surface area (Å²) in [5.74, 6) is 0.738. The molecule has 1 atom stereocenters. The third-order valence-corrected chi connectivity index (χ3v) is 11.0. The zero-order valence-corrected chi connectivity index (χ0v) is 24.7. The SMILES string of the molecule is COC1=C(CN2CCc3c(Cl)c4c(c(C)c3C2=O)O[C@@](C)(C23CCC(N(C)C)(CC2)CC3)O4)C(=O)CC(C)=C1. The fourth-order valence-corrected chi connectivity index (χ4v) is 8.11. The zero-order chi connectivity index (χ0) is 27.9. The molecule has 8 heteroatoms. The second kappa shape index (κ2) is 9.00. The maximum Gasteiger partial charge on any atom is 0.254 e. The van der Waals surface area contributed by atoms with E-state index in [1.54, 1.807) is 12.0 Å². The highest BCUT2D eigenvalue weighted by atomic mass is 35.5. The Morgan fingerprint density at radius 3 is 2.31 bits per heavy atom. The van der Waals surface area contributed by atoms with Gasteiger partial charge in [0.15, 0.2) is 17.3 Å². The number of fused-ring (bicyclic) bond motifs is 5. The Morgan fingerprint density at radius 2 is 1.69 bits per heavy atom. The Kier molecular flexibility index (Phi) is 6.16. The van der Waals surface area contributed by atoms with Gasteiger partial charge in [-0.15, -0.1) is 0 Å². The Balaban J connectivity index is 1.31. The van der Waals surface area contributed by atoms with Crippen LogP contribution in [0.15, 0.2) is 23.0 Å². The zero-order valence-electron chi connectivity index (χ0n) is 24.0. The van der Waals surface area contributed by atoms with Gasteiger partial charge in [-0.2, -0.15) is 0 Å². The molecule has 4 aliphatic carbocycles. The Labute approximate surface area is 236 Å². The summed E-state index contributed by atoms with van der Waals surface area (Å²) in [6.45, 7) is 6.58. The van der Waals surface area contributed by atoms with E-state index in [0.717, 1.165) is 55.2 Å². The van der Waals surface area contributed by atoms with Crippen molar-refractivity contribution in [3.8, 4) is 11.5 Å². The molecule has 3 saturated carbocycles. The summed E-state index contributed by atoms with van der Waals surface area (Å²) in [5.41, 5.74) is 3.83. The van der Waals surface area contributed by atoms with E-state index in [4.69, 9.17) is 25.8 Å². The minimum Gasteiger partial charge on any atom is -0.496 e. The largest absolute Gasteiger partial charge is 0.496 e. The molecule has 0 aromatic heterocycles. The highest BCUT2D eigenvalue weighted by Gasteiger charge is 2.63. The maximum absolute atomic E-state index is 13.9. The lowest BCUT2D eigenvalue weighted by molar-refractivity contribution is -0.211. The van der Waals surface area contributed by atoms with Crippen LogP contribution < -0.4 is 9.47 Å². The monoisotopic (exact) mass is 554 g/mol. The number of rotatable bonds is 5. The number of carbonyl (C=O) groups is 2. The summed E-state index contributed by atoms with van der Waals surface area (Å²) in [7, 11) is 5.95. The topological polar surface area (TPSA) is 68.3 Å². The number of carbonyl (C=O) groups excluding carboxylic acids is 2. The second-order valence-electron chi connectivity index (χ2n) is 12.6. The first-order valence-corrected chi connectivity index (χ1v) is 14.5. The number of ether oxygens (including phenoxy) is 3. The Hall–Kier alpha value is -2.51. The lowest BCUT2D eigenvalue weighted by Crippen LogP contribution is -2.62. The van der Waals surface area contributed by atoms with E-state index in [9.17, 15) is 9.59 Å². The van der Waals surface area contributed by atoms with Crippen molar-refractivity contribution in [2.75, 3.05) is 34.3 Å². The molecule has 1 amide bonds. The summed E-state index contributed by atoms with van der Waals surface area (Å²) in [5, 5.41) is 0.483. The summed E-state index contributed by atoms with van der Waals surface area (Å²) in [6, 6.07) is 0. The number of allylic oxidation sites excluding steroid dienone is 2. The molecule has 1 aromatic rings. The smallest absolute Gasteiger partial charge is 0.254 e. The van der Waals surface area contributed by atoms with E-state index in [2.05, 4.69) is 25.9 Å².